The van der Waals surface area contributed by atoms with Gasteiger partial charge in [0.05, 0.1) is 7.11 Å². The van der Waals surface area contributed by atoms with Crippen molar-refractivity contribution in [2.24, 2.45) is 0 Å². The standard InChI is InChI=1S/C14H22N2O/c1-16-9-3-4-13(16)11-15-10-12-5-7-14(17-2)8-6-12/h5-8,13,15H,3-4,9-11H2,1-2H3/t13-/m0/s1. The first kappa shape index (κ1) is 12.4. The molecule has 3 nitrogen and oxygen atoms in total. The molecule has 0 unspecified atom stereocenters. The number of nitrogens with zero attached hydrogens (tertiary/aromatic N) is 1. The second kappa shape index (κ2) is 6.03. The first-order valence-electron chi connectivity index (χ1n) is 6.33. The number of ether oxygens (including phenoxy) is 1. The molecule has 0 amide bonds. The molecule has 0 bridgehead atoms. The Bertz CT molecular complexity index is 337. The zero-order valence-corrected chi connectivity index (χ0v) is 10.8. The molecule has 1 saturated heterocycles. The van der Waals surface area contributed by atoms with Crippen LogP contribution in [0.3, 0.4) is 0 Å². The Morgan fingerprint density at radius 1 is 1.35 bits per heavy atom. The summed E-state index contributed by atoms with van der Waals surface area (Å²) in [6, 6.07) is 8.97. The summed E-state index contributed by atoms with van der Waals surface area (Å²) in [6.45, 7) is 3.27. The third-order valence-electron chi connectivity index (χ3n) is 3.54. The average molecular weight is 234 g/mol. The normalized spacial score (nSPS) is 20.7. The second-order valence-corrected chi connectivity index (χ2v) is 4.76. The highest BCUT2D eigenvalue weighted by atomic mass is 16.5. The Morgan fingerprint density at radius 2 is 2.12 bits per heavy atom. The van der Waals surface area contributed by atoms with E-state index in [0.717, 1.165) is 18.8 Å². The lowest BCUT2D eigenvalue weighted by Crippen LogP contribution is -2.35. The van der Waals surface area contributed by atoms with Crippen molar-refractivity contribution in [2.75, 3.05) is 27.2 Å². The van der Waals surface area contributed by atoms with E-state index in [9.17, 15) is 0 Å². The highest BCUT2D eigenvalue weighted by Gasteiger charge is 2.19. The van der Waals surface area contributed by atoms with Gasteiger partial charge in [-0.3, -0.25) is 0 Å². The van der Waals surface area contributed by atoms with Gasteiger partial charge in [0.25, 0.3) is 0 Å². The van der Waals surface area contributed by atoms with Crippen LogP contribution >= 0.6 is 0 Å². The summed E-state index contributed by atoms with van der Waals surface area (Å²) in [5.41, 5.74) is 1.31. The van der Waals surface area contributed by atoms with Crippen molar-refractivity contribution in [1.29, 1.82) is 0 Å². The average Bonchev–Trinajstić information content (AvgIpc) is 2.76. The molecule has 1 aromatic rings. The highest BCUT2D eigenvalue weighted by molar-refractivity contribution is 5.26. The third kappa shape index (κ3) is 3.45. The third-order valence-corrected chi connectivity index (χ3v) is 3.54. The fourth-order valence-electron chi connectivity index (χ4n) is 2.36. The van der Waals surface area contributed by atoms with Gasteiger partial charge in [0.15, 0.2) is 0 Å². The molecule has 2 rings (SSSR count). The lowest BCUT2D eigenvalue weighted by molar-refractivity contribution is 0.300. The molecule has 0 aromatic heterocycles. The van der Waals surface area contributed by atoms with Crippen molar-refractivity contribution >= 4 is 0 Å². The quantitative estimate of drug-likeness (QED) is 0.842. The van der Waals surface area contributed by atoms with Crippen LogP contribution < -0.4 is 10.1 Å². The molecule has 1 aromatic carbocycles. The maximum Gasteiger partial charge on any atom is 0.118 e. The molecule has 0 radical (unpaired) electrons. The van der Waals surface area contributed by atoms with Gasteiger partial charge in [0.1, 0.15) is 5.75 Å². The van der Waals surface area contributed by atoms with E-state index >= 15 is 0 Å². The minimum Gasteiger partial charge on any atom is -0.497 e. The van der Waals surface area contributed by atoms with Gasteiger partial charge in [-0.1, -0.05) is 12.1 Å². The van der Waals surface area contributed by atoms with Crippen LogP contribution in [0.4, 0.5) is 0 Å². The Labute approximate surface area is 104 Å². The van der Waals surface area contributed by atoms with Crippen molar-refractivity contribution in [3.8, 4) is 5.75 Å². The molecule has 1 fully saturated rings. The van der Waals surface area contributed by atoms with Gasteiger partial charge in [-0.15, -0.1) is 0 Å². The fourth-order valence-corrected chi connectivity index (χ4v) is 2.36. The van der Waals surface area contributed by atoms with Gasteiger partial charge < -0.3 is 15.0 Å². The maximum absolute atomic E-state index is 5.14. The predicted molar refractivity (Wildman–Crippen MR) is 70.4 cm³/mol. The summed E-state index contributed by atoms with van der Waals surface area (Å²) in [4.78, 5) is 2.45. The van der Waals surface area contributed by atoms with Crippen molar-refractivity contribution in [3.63, 3.8) is 0 Å². The second-order valence-electron chi connectivity index (χ2n) is 4.76. The van der Waals surface area contributed by atoms with Crippen LogP contribution in [-0.4, -0.2) is 38.2 Å². The summed E-state index contributed by atoms with van der Waals surface area (Å²) in [6.07, 6.45) is 2.66. The van der Waals surface area contributed by atoms with E-state index in [1.165, 1.54) is 24.9 Å². The van der Waals surface area contributed by atoms with Gasteiger partial charge in [0.2, 0.25) is 0 Å². The van der Waals surface area contributed by atoms with E-state index in [2.05, 4.69) is 29.4 Å². The lowest BCUT2D eigenvalue weighted by atomic mass is 10.2. The van der Waals surface area contributed by atoms with Crippen LogP contribution in [0.1, 0.15) is 18.4 Å². The van der Waals surface area contributed by atoms with Crippen LogP contribution in [0.5, 0.6) is 5.75 Å². The van der Waals surface area contributed by atoms with Crippen molar-refractivity contribution in [1.82, 2.24) is 10.2 Å². The molecule has 94 valence electrons. The molecular formula is C14H22N2O. The van der Waals surface area contributed by atoms with Crippen LogP contribution in [0, 0.1) is 0 Å². The minimum atomic E-state index is 0.716. The summed E-state index contributed by atoms with van der Waals surface area (Å²) >= 11 is 0. The molecule has 1 aliphatic rings. The molecular weight excluding hydrogens is 212 g/mol. The van der Waals surface area contributed by atoms with E-state index in [0.29, 0.717) is 6.04 Å². The van der Waals surface area contributed by atoms with Crippen molar-refractivity contribution < 1.29 is 4.74 Å². The first-order chi connectivity index (χ1) is 8.29. The molecule has 3 heteroatoms. The van der Waals surface area contributed by atoms with Gasteiger partial charge in [-0.05, 0) is 44.1 Å². The van der Waals surface area contributed by atoms with Crippen LogP contribution in [0.25, 0.3) is 0 Å². The topological polar surface area (TPSA) is 24.5 Å². The first-order valence-corrected chi connectivity index (χ1v) is 6.33. The van der Waals surface area contributed by atoms with E-state index in [1.54, 1.807) is 7.11 Å². The number of hydrogen-bond donors (Lipinski definition) is 1. The lowest BCUT2D eigenvalue weighted by Gasteiger charge is -2.19. The molecule has 17 heavy (non-hydrogen) atoms. The molecule has 0 aliphatic carbocycles. The monoisotopic (exact) mass is 234 g/mol. The van der Waals surface area contributed by atoms with Crippen molar-refractivity contribution in [2.45, 2.75) is 25.4 Å². The van der Waals surface area contributed by atoms with E-state index in [1.807, 2.05) is 12.1 Å². The smallest absolute Gasteiger partial charge is 0.118 e. The molecule has 1 aliphatic heterocycles. The SMILES string of the molecule is COc1ccc(CNC[C@@H]2CCCN2C)cc1. The number of likely N-dealkylation sites (tertiary alicyclic amines) is 1. The number of benzene rings is 1. The summed E-state index contributed by atoms with van der Waals surface area (Å²) < 4.78 is 5.14. The molecule has 1 heterocycles. The largest absolute Gasteiger partial charge is 0.497 e. The van der Waals surface area contributed by atoms with E-state index in [-0.39, 0.29) is 0 Å². The molecule has 1 atom stereocenters. The van der Waals surface area contributed by atoms with E-state index < -0.39 is 0 Å². The number of nitrogens with one attached hydrogen (secondary N) is 1. The van der Waals surface area contributed by atoms with Crippen LogP contribution in [0.15, 0.2) is 24.3 Å². The fraction of sp³-hybridized carbons (Fsp3) is 0.571. The summed E-state index contributed by atoms with van der Waals surface area (Å²) in [5.74, 6) is 0.921. The Kier molecular flexibility index (Phi) is 4.40. The molecule has 1 N–H and O–H groups in total. The Balaban J connectivity index is 1.73. The van der Waals surface area contributed by atoms with Gasteiger partial charge in [-0.2, -0.15) is 0 Å². The van der Waals surface area contributed by atoms with Gasteiger partial charge >= 0.3 is 0 Å². The maximum atomic E-state index is 5.14. The number of hydrogen-bond acceptors (Lipinski definition) is 3. The number of rotatable bonds is 5. The van der Waals surface area contributed by atoms with Gasteiger partial charge in [-0.25, -0.2) is 0 Å². The summed E-state index contributed by atoms with van der Waals surface area (Å²) in [5, 5.41) is 3.53. The van der Waals surface area contributed by atoms with Crippen LogP contribution in [-0.2, 0) is 6.54 Å². The Hall–Kier alpha value is -1.06. The Morgan fingerprint density at radius 3 is 2.71 bits per heavy atom. The zero-order chi connectivity index (χ0) is 12.1. The van der Waals surface area contributed by atoms with E-state index in [4.69, 9.17) is 4.74 Å². The zero-order valence-electron chi connectivity index (χ0n) is 10.8. The number of likely N-dealkylation sites (N-methyl/N-ethyl adjacent to an activating group) is 1. The minimum absolute atomic E-state index is 0.716. The van der Waals surface area contributed by atoms with Gasteiger partial charge in [0, 0.05) is 19.1 Å². The highest BCUT2D eigenvalue weighted by Crippen LogP contribution is 2.14. The number of methoxy groups -OCH3 is 1. The molecule has 0 spiro atoms. The van der Waals surface area contributed by atoms with Crippen LogP contribution in [0.2, 0.25) is 0 Å². The summed E-state index contributed by atoms with van der Waals surface area (Å²) in [7, 11) is 3.91. The molecule has 0 saturated carbocycles. The van der Waals surface area contributed by atoms with Crippen molar-refractivity contribution in [3.05, 3.63) is 29.8 Å². The predicted octanol–water partition coefficient (Wildman–Crippen LogP) is 1.88.